The van der Waals surface area contributed by atoms with Gasteiger partial charge in [-0.15, -0.1) is 0 Å². The van der Waals surface area contributed by atoms with Crippen molar-refractivity contribution in [1.82, 2.24) is 4.90 Å². The molecule has 2 heterocycles. The summed E-state index contributed by atoms with van der Waals surface area (Å²) in [6, 6.07) is 3.39. The largest absolute Gasteiger partial charge is 0.505 e. The van der Waals surface area contributed by atoms with Crippen LogP contribution in [0.1, 0.15) is 22.3 Å². The predicted octanol–water partition coefficient (Wildman–Crippen LogP) is 1.27. The van der Waals surface area contributed by atoms with Crippen LogP contribution in [-0.4, -0.2) is 34.4 Å². The highest BCUT2D eigenvalue weighted by Gasteiger charge is 2.34. The van der Waals surface area contributed by atoms with Crippen LogP contribution < -0.4 is 11.1 Å². The van der Waals surface area contributed by atoms with Crippen molar-refractivity contribution in [2.24, 2.45) is 5.73 Å². The van der Waals surface area contributed by atoms with Gasteiger partial charge in [-0.2, -0.15) is 0 Å². The molecule has 0 bridgehead atoms. The number of primary amides is 1. The quantitative estimate of drug-likeness (QED) is 0.566. The normalized spacial score (nSPS) is 20.2. The zero-order chi connectivity index (χ0) is 15.9. The molecule has 0 saturated heterocycles. The van der Waals surface area contributed by atoms with Crippen LogP contribution in [-0.2, 0) is 4.79 Å². The molecule has 2 aliphatic rings. The molecule has 1 atom stereocenters. The van der Waals surface area contributed by atoms with Gasteiger partial charge in [-0.1, -0.05) is 12.1 Å². The maximum atomic E-state index is 12.7. The number of nitrogens with zero attached hydrogens (tertiary/aromatic N) is 1. The number of fused-ring (bicyclic) bond motifs is 2. The van der Waals surface area contributed by atoms with Crippen LogP contribution in [0.3, 0.4) is 0 Å². The lowest BCUT2D eigenvalue weighted by molar-refractivity contribution is -0.113. The van der Waals surface area contributed by atoms with Crippen LogP contribution in [0.5, 0.6) is 5.75 Å². The van der Waals surface area contributed by atoms with Crippen LogP contribution in [0.15, 0.2) is 36.1 Å². The first-order chi connectivity index (χ1) is 10.5. The average Bonchev–Trinajstić information content (AvgIpc) is 2.84. The van der Waals surface area contributed by atoms with Crippen LogP contribution in [0.25, 0.3) is 0 Å². The van der Waals surface area contributed by atoms with E-state index in [2.05, 4.69) is 5.32 Å². The summed E-state index contributed by atoms with van der Waals surface area (Å²) < 4.78 is 0. The zero-order valence-electron chi connectivity index (χ0n) is 12.2. The first kappa shape index (κ1) is 14.2. The van der Waals surface area contributed by atoms with E-state index in [9.17, 15) is 14.7 Å². The molecule has 0 aliphatic carbocycles. The number of allylic oxidation sites excluding steroid dienone is 1. The van der Waals surface area contributed by atoms with E-state index in [4.69, 9.17) is 5.73 Å². The van der Waals surface area contributed by atoms with Gasteiger partial charge in [0.25, 0.3) is 5.91 Å². The van der Waals surface area contributed by atoms with E-state index in [1.807, 2.05) is 0 Å². The fourth-order valence-electron chi connectivity index (χ4n) is 2.81. The molecule has 3 rings (SSSR count). The van der Waals surface area contributed by atoms with Crippen molar-refractivity contribution in [1.29, 1.82) is 0 Å². The van der Waals surface area contributed by atoms with Gasteiger partial charge in [-0.05, 0) is 30.5 Å². The summed E-state index contributed by atoms with van der Waals surface area (Å²) in [6.07, 6.45) is 5.30. The number of benzene rings is 1. The fraction of sp³-hybridized carbons (Fsp3) is 0.250. The van der Waals surface area contributed by atoms with Crippen molar-refractivity contribution in [3.05, 3.63) is 47.2 Å². The van der Waals surface area contributed by atoms with Gasteiger partial charge in [0.2, 0.25) is 5.91 Å². The molecule has 1 aromatic carbocycles. The Balaban J connectivity index is 1.95. The lowest BCUT2D eigenvalue weighted by Crippen LogP contribution is -2.34. The first-order valence-corrected chi connectivity index (χ1v) is 7.04. The number of amides is 2. The highest BCUT2D eigenvalue weighted by molar-refractivity contribution is 6.03. The lowest BCUT2D eigenvalue weighted by Gasteiger charge is -2.20. The minimum absolute atomic E-state index is 0.0490. The van der Waals surface area contributed by atoms with E-state index in [1.165, 1.54) is 6.08 Å². The Morgan fingerprint density at radius 3 is 3.00 bits per heavy atom. The van der Waals surface area contributed by atoms with Gasteiger partial charge in [-0.25, -0.2) is 0 Å². The van der Waals surface area contributed by atoms with E-state index >= 15 is 0 Å². The number of nitrogens with two attached hydrogens (primary N) is 1. The number of carbonyl (C=O) groups excluding carboxylic acids is 2. The van der Waals surface area contributed by atoms with Crippen LogP contribution in [0.2, 0.25) is 0 Å². The molecule has 0 saturated carbocycles. The maximum absolute atomic E-state index is 12.7. The molecule has 4 N–H and O–H groups in total. The van der Waals surface area contributed by atoms with Crippen molar-refractivity contribution in [2.45, 2.75) is 19.4 Å². The van der Waals surface area contributed by atoms with Crippen molar-refractivity contribution in [2.75, 3.05) is 11.9 Å². The molecule has 2 aliphatic heterocycles. The second kappa shape index (κ2) is 5.22. The monoisotopic (exact) mass is 299 g/mol. The van der Waals surface area contributed by atoms with E-state index in [0.29, 0.717) is 24.2 Å². The number of phenolic OH excluding ortho intramolecular Hbond substituents is 1. The minimum atomic E-state index is -0.516. The second-order valence-electron chi connectivity index (χ2n) is 5.54. The van der Waals surface area contributed by atoms with Gasteiger partial charge in [0.1, 0.15) is 5.75 Å². The molecule has 2 amide bonds. The van der Waals surface area contributed by atoms with Gasteiger partial charge in [0, 0.05) is 18.8 Å². The number of rotatable bonds is 2. The van der Waals surface area contributed by atoms with E-state index in [1.54, 1.807) is 36.2 Å². The molecular weight excluding hydrogens is 282 g/mol. The summed E-state index contributed by atoms with van der Waals surface area (Å²) in [5.41, 5.74) is 7.62. The summed E-state index contributed by atoms with van der Waals surface area (Å²) in [5.74, 6) is -0.564. The SMILES string of the molecule is Cc1ccc2c(c1O)NCC1CC(C=CC(N)=O)=CN1C2=O. The molecule has 0 aromatic heterocycles. The third kappa shape index (κ3) is 2.32. The van der Waals surface area contributed by atoms with Crippen LogP contribution in [0.4, 0.5) is 5.69 Å². The van der Waals surface area contributed by atoms with Crippen molar-refractivity contribution < 1.29 is 14.7 Å². The average molecular weight is 299 g/mol. The summed E-state index contributed by atoms with van der Waals surface area (Å²) in [5, 5.41) is 13.3. The Bertz CT molecular complexity index is 722. The Kier molecular flexibility index (Phi) is 3.36. The Labute approximate surface area is 127 Å². The van der Waals surface area contributed by atoms with E-state index in [0.717, 1.165) is 11.1 Å². The van der Waals surface area contributed by atoms with Crippen molar-refractivity contribution >= 4 is 17.5 Å². The van der Waals surface area contributed by atoms with E-state index < -0.39 is 5.91 Å². The zero-order valence-corrected chi connectivity index (χ0v) is 12.2. The topological polar surface area (TPSA) is 95.7 Å². The Morgan fingerprint density at radius 2 is 2.27 bits per heavy atom. The molecule has 1 unspecified atom stereocenters. The number of hydrogen-bond donors (Lipinski definition) is 3. The maximum Gasteiger partial charge on any atom is 0.260 e. The smallest absolute Gasteiger partial charge is 0.260 e. The van der Waals surface area contributed by atoms with Crippen LogP contribution in [0, 0.1) is 6.92 Å². The van der Waals surface area contributed by atoms with Gasteiger partial charge < -0.3 is 21.1 Å². The molecule has 6 nitrogen and oxygen atoms in total. The number of aryl methyl sites for hydroxylation is 1. The summed E-state index contributed by atoms with van der Waals surface area (Å²) in [6.45, 7) is 2.32. The number of aromatic hydroxyl groups is 1. The highest BCUT2D eigenvalue weighted by Crippen LogP contribution is 2.36. The first-order valence-electron chi connectivity index (χ1n) is 7.04. The van der Waals surface area contributed by atoms with Crippen LogP contribution >= 0.6 is 0 Å². The fourth-order valence-corrected chi connectivity index (χ4v) is 2.81. The molecule has 1 aromatic rings. The number of nitrogens with one attached hydrogen (secondary N) is 1. The standard InChI is InChI=1S/C16H17N3O3/c1-9-2-4-12-14(15(9)21)18-7-11-6-10(3-5-13(17)20)8-19(11)16(12)22/h2-5,8,11,18,21H,6-7H2,1H3,(H2,17,20). The Hall–Kier alpha value is -2.76. The molecule has 0 radical (unpaired) electrons. The number of hydrogen-bond acceptors (Lipinski definition) is 4. The van der Waals surface area contributed by atoms with Gasteiger partial charge >= 0.3 is 0 Å². The second-order valence-corrected chi connectivity index (χ2v) is 5.54. The number of anilines is 1. The number of carbonyl (C=O) groups is 2. The molecule has 22 heavy (non-hydrogen) atoms. The highest BCUT2D eigenvalue weighted by atomic mass is 16.3. The van der Waals surface area contributed by atoms with Gasteiger partial charge in [0.15, 0.2) is 0 Å². The molecule has 114 valence electrons. The third-order valence-electron chi connectivity index (χ3n) is 3.99. The molecule has 6 heteroatoms. The third-order valence-corrected chi connectivity index (χ3v) is 3.99. The number of phenols is 1. The van der Waals surface area contributed by atoms with E-state index in [-0.39, 0.29) is 17.7 Å². The minimum Gasteiger partial charge on any atom is -0.505 e. The summed E-state index contributed by atoms with van der Waals surface area (Å²) in [4.78, 5) is 25.1. The molecule has 0 spiro atoms. The predicted molar refractivity (Wildman–Crippen MR) is 82.3 cm³/mol. The van der Waals surface area contributed by atoms with Gasteiger partial charge in [-0.3, -0.25) is 9.59 Å². The summed E-state index contributed by atoms with van der Waals surface area (Å²) in [7, 11) is 0. The van der Waals surface area contributed by atoms with Crippen molar-refractivity contribution in [3.63, 3.8) is 0 Å². The van der Waals surface area contributed by atoms with Gasteiger partial charge in [0.05, 0.1) is 17.3 Å². The van der Waals surface area contributed by atoms with Crippen molar-refractivity contribution in [3.8, 4) is 5.75 Å². The lowest BCUT2D eigenvalue weighted by atomic mass is 10.1. The molecule has 0 fully saturated rings. The molecular formula is C16H17N3O3. The summed E-state index contributed by atoms with van der Waals surface area (Å²) >= 11 is 0. The Morgan fingerprint density at radius 1 is 1.50 bits per heavy atom.